The highest BCUT2D eigenvalue weighted by molar-refractivity contribution is 5.89. The molecule has 1 N–H and O–H groups in total. The fraction of sp³-hybridized carbons (Fsp3) is 0.458. The number of nitrogens with one attached hydrogen (secondary N) is 1. The van der Waals surface area contributed by atoms with E-state index in [0.717, 1.165) is 55.3 Å². The van der Waals surface area contributed by atoms with E-state index in [2.05, 4.69) is 10.3 Å². The van der Waals surface area contributed by atoms with Crippen molar-refractivity contribution < 1.29 is 14.0 Å². The molecule has 2 aliphatic rings. The van der Waals surface area contributed by atoms with E-state index in [9.17, 15) is 14.0 Å². The molecule has 1 saturated heterocycles. The molecular formula is C24H28FN3O2. The van der Waals surface area contributed by atoms with E-state index in [1.165, 1.54) is 19.1 Å². The molecule has 0 radical (unpaired) electrons. The van der Waals surface area contributed by atoms with Gasteiger partial charge in [0.25, 0.3) is 0 Å². The van der Waals surface area contributed by atoms with Crippen molar-refractivity contribution in [3.8, 4) is 0 Å². The summed E-state index contributed by atoms with van der Waals surface area (Å²) in [6.45, 7) is 2.63. The van der Waals surface area contributed by atoms with Crippen LogP contribution in [0.3, 0.4) is 0 Å². The maximum absolute atomic E-state index is 14.0. The number of halogens is 1. The monoisotopic (exact) mass is 409 g/mol. The maximum Gasteiger partial charge on any atom is 0.233 e. The third-order valence-electron chi connectivity index (χ3n) is 6.49. The number of pyridine rings is 1. The van der Waals surface area contributed by atoms with Gasteiger partial charge in [0.1, 0.15) is 5.82 Å². The topological polar surface area (TPSA) is 62.3 Å². The number of amides is 2. The third kappa shape index (κ3) is 3.95. The van der Waals surface area contributed by atoms with Crippen LogP contribution in [-0.2, 0) is 21.5 Å². The Hall–Kier alpha value is -2.76. The molecule has 0 unspecified atom stereocenters. The second kappa shape index (κ2) is 8.54. The Morgan fingerprint density at radius 1 is 1.20 bits per heavy atom. The van der Waals surface area contributed by atoms with Crippen LogP contribution in [0.5, 0.6) is 0 Å². The highest BCUT2D eigenvalue weighted by Crippen LogP contribution is 2.45. The van der Waals surface area contributed by atoms with Crippen LogP contribution in [0.1, 0.15) is 68.3 Å². The first-order valence-corrected chi connectivity index (χ1v) is 10.8. The second-order valence-corrected chi connectivity index (χ2v) is 8.46. The van der Waals surface area contributed by atoms with Gasteiger partial charge >= 0.3 is 0 Å². The van der Waals surface area contributed by atoms with Crippen molar-refractivity contribution in [1.82, 2.24) is 15.2 Å². The van der Waals surface area contributed by atoms with Gasteiger partial charge in [-0.05, 0) is 55.0 Å². The Bertz CT molecular complexity index is 922. The summed E-state index contributed by atoms with van der Waals surface area (Å²) in [6, 6.07) is 10.4. The Balaban J connectivity index is 1.58. The average Bonchev–Trinajstić information content (AvgIpc) is 3.43. The van der Waals surface area contributed by atoms with Crippen molar-refractivity contribution in [2.45, 2.75) is 63.5 Å². The summed E-state index contributed by atoms with van der Waals surface area (Å²) in [5.74, 6) is -0.260. The van der Waals surface area contributed by atoms with Crippen LogP contribution in [0.15, 0.2) is 42.6 Å². The Kier molecular flexibility index (Phi) is 5.84. The van der Waals surface area contributed by atoms with Crippen molar-refractivity contribution in [3.63, 3.8) is 0 Å². The first-order chi connectivity index (χ1) is 14.5. The predicted octanol–water partition coefficient (Wildman–Crippen LogP) is 4.03. The lowest BCUT2D eigenvalue weighted by Gasteiger charge is -2.36. The summed E-state index contributed by atoms with van der Waals surface area (Å²) < 4.78 is 14.0. The SMILES string of the molecule is CC(=O)NCc1ccc([C@@H]2CCCN2C(=O)C2(c3cccc(F)c3)CCCC2)nc1. The number of hydrogen-bond donors (Lipinski definition) is 1. The predicted molar refractivity (Wildman–Crippen MR) is 112 cm³/mol. The minimum atomic E-state index is -0.629. The van der Waals surface area contributed by atoms with Crippen LogP contribution in [0, 0.1) is 5.82 Å². The molecule has 4 rings (SSSR count). The minimum Gasteiger partial charge on any atom is -0.352 e. The molecule has 2 amide bonds. The molecule has 1 atom stereocenters. The van der Waals surface area contributed by atoms with Gasteiger partial charge in [-0.25, -0.2) is 4.39 Å². The average molecular weight is 410 g/mol. The lowest BCUT2D eigenvalue weighted by atomic mass is 9.77. The molecule has 2 heterocycles. The highest BCUT2D eigenvalue weighted by atomic mass is 19.1. The van der Waals surface area contributed by atoms with Gasteiger partial charge in [0.15, 0.2) is 0 Å². The number of rotatable bonds is 5. The van der Waals surface area contributed by atoms with Crippen molar-refractivity contribution in [1.29, 1.82) is 0 Å². The van der Waals surface area contributed by atoms with Crippen molar-refractivity contribution in [2.24, 2.45) is 0 Å². The number of carbonyl (C=O) groups is 2. The number of nitrogens with zero attached hydrogens (tertiary/aromatic N) is 2. The third-order valence-corrected chi connectivity index (χ3v) is 6.49. The van der Waals surface area contributed by atoms with Gasteiger partial charge in [-0.3, -0.25) is 14.6 Å². The molecule has 0 bridgehead atoms. The lowest BCUT2D eigenvalue weighted by Crippen LogP contribution is -2.45. The van der Waals surface area contributed by atoms with Crippen LogP contribution >= 0.6 is 0 Å². The summed E-state index contributed by atoms with van der Waals surface area (Å²) in [7, 11) is 0. The molecule has 1 aromatic heterocycles. The van der Waals surface area contributed by atoms with Crippen LogP contribution in [0.4, 0.5) is 4.39 Å². The molecule has 2 aromatic rings. The van der Waals surface area contributed by atoms with Gasteiger partial charge < -0.3 is 10.2 Å². The standard InChI is InChI=1S/C24H28FN3O2/c1-17(29)26-15-18-9-10-21(27-16-18)22-8-5-13-28(22)23(30)24(11-2-3-12-24)19-6-4-7-20(25)14-19/h4,6-7,9-10,14,16,22H,2-3,5,8,11-13,15H2,1H3,(H,26,29)/t22-/m0/s1. The van der Waals surface area contributed by atoms with Crippen LogP contribution in [0.25, 0.3) is 0 Å². The molecule has 1 saturated carbocycles. The van der Waals surface area contributed by atoms with Crippen molar-refractivity contribution >= 4 is 11.8 Å². The molecule has 158 valence electrons. The summed E-state index contributed by atoms with van der Waals surface area (Å²) in [5.41, 5.74) is 1.97. The van der Waals surface area contributed by atoms with Crippen LogP contribution in [0.2, 0.25) is 0 Å². The molecule has 1 aliphatic carbocycles. The molecule has 1 aliphatic heterocycles. The molecular weight excluding hydrogens is 381 g/mol. The van der Waals surface area contributed by atoms with E-state index in [0.29, 0.717) is 13.1 Å². The summed E-state index contributed by atoms with van der Waals surface area (Å²) in [4.78, 5) is 31.5. The van der Waals surface area contributed by atoms with E-state index in [4.69, 9.17) is 0 Å². The Morgan fingerprint density at radius 2 is 2.00 bits per heavy atom. The van der Waals surface area contributed by atoms with Crippen molar-refractivity contribution in [3.05, 3.63) is 65.2 Å². The molecule has 1 aromatic carbocycles. The molecule has 6 heteroatoms. The molecule has 5 nitrogen and oxygen atoms in total. The Labute approximate surface area is 176 Å². The van der Waals surface area contributed by atoms with E-state index in [-0.39, 0.29) is 23.7 Å². The van der Waals surface area contributed by atoms with Gasteiger partial charge in [0.05, 0.1) is 17.2 Å². The van der Waals surface area contributed by atoms with Crippen LogP contribution in [-0.4, -0.2) is 28.2 Å². The lowest BCUT2D eigenvalue weighted by molar-refractivity contribution is -0.138. The van der Waals surface area contributed by atoms with Crippen molar-refractivity contribution in [2.75, 3.05) is 6.54 Å². The zero-order valence-corrected chi connectivity index (χ0v) is 17.4. The summed E-state index contributed by atoms with van der Waals surface area (Å²) in [5, 5.41) is 2.77. The fourth-order valence-corrected chi connectivity index (χ4v) is 4.95. The van der Waals surface area contributed by atoms with Gasteiger partial charge in [0, 0.05) is 26.2 Å². The van der Waals surface area contributed by atoms with E-state index in [1.54, 1.807) is 12.3 Å². The molecule has 30 heavy (non-hydrogen) atoms. The largest absolute Gasteiger partial charge is 0.352 e. The van der Waals surface area contributed by atoms with Gasteiger partial charge in [-0.15, -0.1) is 0 Å². The quantitative estimate of drug-likeness (QED) is 0.811. The normalized spacial score (nSPS) is 20.3. The number of aromatic nitrogens is 1. The zero-order valence-electron chi connectivity index (χ0n) is 17.4. The first-order valence-electron chi connectivity index (χ1n) is 10.8. The maximum atomic E-state index is 14.0. The number of carbonyl (C=O) groups excluding carboxylic acids is 2. The Morgan fingerprint density at radius 3 is 2.67 bits per heavy atom. The van der Waals surface area contributed by atoms with E-state index < -0.39 is 5.41 Å². The molecule has 0 spiro atoms. The fourth-order valence-electron chi connectivity index (χ4n) is 4.95. The summed E-state index contributed by atoms with van der Waals surface area (Å²) >= 11 is 0. The molecule has 2 fully saturated rings. The number of benzene rings is 1. The zero-order chi connectivity index (χ0) is 21.1. The minimum absolute atomic E-state index is 0.0571. The van der Waals surface area contributed by atoms with E-state index >= 15 is 0 Å². The van der Waals surface area contributed by atoms with Gasteiger partial charge in [-0.2, -0.15) is 0 Å². The second-order valence-electron chi connectivity index (χ2n) is 8.46. The smallest absolute Gasteiger partial charge is 0.233 e. The summed E-state index contributed by atoms with van der Waals surface area (Å²) in [6.07, 6.45) is 7.08. The number of hydrogen-bond acceptors (Lipinski definition) is 3. The first kappa shape index (κ1) is 20.5. The number of likely N-dealkylation sites (tertiary alicyclic amines) is 1. The van der Waals surface area contributed by atoms with Gasteiger partial charge in [-0.1, -0.05) is 31.0 Å². The van der Waals surface area contributed by atoms with E-state index in [1.807, 2.05) is 23.1 Å². The highest BCUT2D eigenvalue weighted by Gasteiger charge is 2.47. The van der Waals surface area contributed by atoms with Crippen LogP contribution < -0.4 is 5.32 Å². The van der Waals surface area contributed by atoms with Gasteiger partial charge in [0.2, 0.25) is 11.8 Å².